The number of nitrogens with two attached hydrogens (primary N) is 1. The molecule has 0 saturated heterocycles. The van der Waals surface area contributed by atoms with Gasteiger partial charge in [-0.15, -0.1) is 11.3 Å². The highest BCUT2D eigenvalue weighted by Gasteiger charge is 2.14. The summed E-state index contributed by atoms with van der Waals surface area (Å²) in [6.45, 7) is 4.20. The van der Waals surface area contributed by atoms with E-state index in [0.717, 1.165) is 9.90 Å². The van der Waals surface area contributed by atoms with Gasteiger partial charge in [0.1, 0.15) is 0 Å². The second-order valence-corrected chi connectivity index (χ2v) is 4.26. The molecule has 1 rings (SSSR count). The number of rotatable bonds is 2. The van der Waals surface area contributed by atoms with Gasteiger partial charge in [0.15, 0.2) is 0 Å². The molecule has 11 heavy (non-hydrogen) atoms. The molecule has 1 heterocycles. The smallest absolute Gasteiger partial charge is 0.0561 e. The van der Waals surface area contributed by atoms with E-state index in [-0.39, 0.29) is 6.04 Å². The average Bonchev–Trinajstić information content (AvgIpc) is 2.33. The first-order valence-corrected chi connectivity index (χ1v) is 4.87. The van der Waals surface area contributed by atoms with Gasteiger partial charge in [-0.3, -0.25) is 0 Å². The molecule has 62 valence electrons. The summed E-state index contributed by atoms with van der Waals surface area (Å²) in [4.78, 5) is 1.10. The summed E-state index contributed by atoms with van der Waals surface area (Å²) in [7, 11) is 0. The van der Waals surface area contributed by atoms with E-state index in [2.05, 4.69) is 13.8 Å². The zero-order valence-electron chi connectivity index (χ0n) is 6.67. The van der Waals surface area contributed by atoms with E-state index in [4.69, 9.17) is 17.3 Å². The Kier molecular flexibility index (Phi) is 2.93. The lowest BCUT2D eigenvalue weighted by Crippen LogP contribution is -2.15. The van der Waals surface area contributed by atoms with Crippen molar-refractivity contribution in [2.75, 3.05) is 0 Å². The second-order valence-electron chi connectivity index (χ2n) is 2.90. The van der Waals surface area contributed by atoms with Gasteiger partial charge in [0.25, 0.3) is 0 Å². The molecule has 0 aromatic carbocycles. The summed E-state index contributed by atoms with van der Waals surface area (Å²) in [5.74, 6) is 0.450. The third kappa shape index (κ3) is 1.95. The molecule has 3 heteroatoms. The average molecular weight is 190 g/mol. The van der Waals surface area contributed by atoms with Crippen molar-refractivity contribution in [3.05, 3.63) is 21.3 Å². The van der Waals surface area contributed by atoms with Gasteiger partial charge in [-0.1, -0.05) is 25.4 Å². The van der Waals surface area contributed by atoms with E-state index < -0.39 is 0 Å². The van der Waals surface area contributed by atoms with Gasteiger partial charge >= 0.3 is 0 Å². The van der Waals surface area contributed by atoms with E-state index in [1.54, 1.807) is 11.3 Å². The molecule has 0 radical (unpaired) electrons. The predicted octanol–water partition coefficient (Wildman–Crippen LogP) is 3.06. The molecule has 0 aliphatic carbocycles. The zero-order chi connectivity index (χ0) is 8.43. The fraction of sp³-hybridized carbons (Fsp3) is 0.500. The number of hydrogen-bond acceptors (Lipinski definition) is 2. The van der Waals surface area contributed by atoms with E-state index in [9.17, 15) is 0 Å². The van der Waals surface area contributed by atoms with Crippen molar-refractivity contribution in [1.29, 1.82) is 0 Å². The lowest BCUT2D eigenvalue weighted by Gasteiger charge is -2.13. The Bertz CT molecular complexity index is 232. The first-order valence-electron chi connectivity index (χ1n) is 3.61. The Labute approximate surface area is 76.2 Å². The Morgan fingerprint density at radius 3 is 2.55 bits per heavy atom. The summed E-state index contributed by atoms with van der Waals surface area (Å²) in [6.07, 6.45) is 0. The molecule has 1 nitrogen and oxygen atoms in total. The highest BCUT2D eigenvalue weighted by Crippen LogP contribution is 2.30. The molecule has 1 unspecified atom stereocenters. The maximum Gasteiger partial charge on any atom is 0.0561 e. The van der Waals surface area contributed by atoms with Crippen LogP contribution in [-0.2, 0) is 0 Å². The highest BCUT2D eigenvalue weighted by atomic mass is 35.5. The van der Waals surface area contributed by atoms with E-state index in [1.807, 2.05) is 11.4 Å². The molecular weight excluding hydrogens is 178 g/mol. The molecule has 0 saturated carbocycles. The summed E-state index contributed by atoms with van der Waals surface area (Å²) >= 11 is 7.54. The molecule has 0 fully saturated rings. The number of hydrogen-bond donors (Lipinski definition) is 1. The molecule has 0 amide bonds. The number of halogens is 1. The molecule has 0 spiro atoms. The third-order valence-corrected chi connectivity index (χ3v) is 3.13. The van der Waals surface area contributed by atoms with Crippen LogP contribution in [0, 0.1) is 5.92 Å². The molecule has 1 aromatic rings. The fourth-order valence-corrected chi connectivity index (χ4v) is 2.20. The van der Waals surface area contributed by atoms with E-state index >= 15 is 0 Å². The van der Waals surface area contributed by atoms with Crippen LogP contribution in [0.4, 0.5) is 0 Å². The van der Waals surface area contributed by atoms with Crippen molar-refractivity contribution in [3.63, 3.8) is 0 Å². The SMILES string of the molecule is CC(C)C(N)c1sccc1Cl. The Morgan fingerprint density at radius 2 is 2.18 bits per heavy atom. The van der Waals surface area contributed by atoms with Crippen LogP contribution in [0.25, 0.3) is 0 Å². The zero-order valence-corrected chi connectivity index (χ0v) is 8.25. The Balaban J connectivity index is 2.84. The minimum Gasteiger partial charge on any atom is -0.323 e. The van der Waals surface area contributed by atoms with E-state index in [0.29, 0.717) is 5.92 Å². The topological polar surface area (TPSA) is 26.0 Å². The van der Waals surface area contributed by atoms with Crippen LogP contribution < -0.4 is 5.73 Å². The maximum absolute atomic E-state index is 5.91. The number of thiophene rings is 1. The van der Waals surface area contributed by atoms with Crippen LogP contribution in [0.2, 0.25) is 5.02 Å². The van der Waals surface area contributed by atoms with Crippen LogP contribution in [0.3, 0.4) is 0 Å². The molecular formula is C8H12ClNS. The lowest BCUT2D eigenvalue weighted by molar-refractivity contribution is 0.521. The van der Waals surface area contributed by atoms with Crippen molar-refractivity contribution < 1.29 is 0 Å². The predicted molar refractivity (Wildman–Crippen MR) is 51.1 cm³/mol. The minimum atomic E-state index is 0.0856. The van der Waals surface area contributed by atoms with Crippen molar-refractivity contribution in [1.82, 2.24) is 0 Å². The van der Waals surface area contributed by atoms with Gasteiger partial charge < -0.3 is 5.73 Å². The molecule has 0 bridgehead atoms. The van der Waals surface area contributed by atoms with Crippen LogP contribution in [0.1, 0.15) is 24.8 Å². The van der Waals surface area contributed by atoms with Gasteiger partial charge in [-0.2, -0.15) is 0 Å². The van der Waals surface area contributed by atoms with Crippen LogP contribution in [0.5, 0.6) is 0 Å². The monoisotopic (exact) mass is 189 g/mol. The largest absolute Gasteiger partial charge is 0.323 e. The molecule has 1 atom stereocenters. The molecule has 0 aliphatic heterocycles. The van der Waals surface area contributed by atoms with Crippen molar-refractivity contribution in [3.8, 4) is 0 Å². The van der Waals surface area contributed by atoms with Gasteiger partial charge in [0.2, 0.25) is 0 Å². The summed E-state index contributed by atoms with van der Waals surface area (Å²) in [5.41, 5.74) is 5.91. The maximum atomic E-state index is 5.91. The van der Waals surface area contributed by atoms with Crippen LogP contribution in [-0.4, -0.2) is 0 Å². The third-order valence-electron chi connectivity index (χ3n) is 1.67. The summed E-state index contributed by atoms with van der Waals surface area (Å²) < 4.78 is 0. The fourth-order valence-electron chi connectivity index (χ4n) is 0.846. The van der Waals surface area contributed by atoms with Crippen LogP contribution >= 0.6 is 22.9 Å². The van der Waals surface area contributed by atoms with Crippen molar-refractivity contribution in [2.45, 2.75) is 19.9 Å². The van der Waals surface area contributed by atoms with Gasteiger partial charge in [0, 0.05) is 10.9 Å². The quantitative estimate of drug-likeness (QED) is 0.761. The highest BCUT2D eigenvalue weighted by molar-refractivity contribution is 7.10. The summed E-state index contributed by atoms with van der Waals surface area (Å²) in [6, 6.07) is 1.98. The van der Waals surface area contributed by atoms with Crippen molar-refractivity contribution in [2.24, 2.45) is 11.7 Å². The van der Waals surface area contributed by atoms with Gasteiger partial charge in [0.05, 0.1) is 5.02 Å². The summed E-state index contributed by atoms with van der Waals surface area (Å²) in [5, 5.41) is 2.77. The second kappa shape index (κ2) is 3.57. The Morgan fingerprint density at radius 1 is 1.55 bits per heavy atom. The van der Waals surface area contributed by atoms with Gasteiger partial charge in [-0.05, 0) is 17.4 Å². The molecule has 2 N–H and O–H groups in total. The van der Waals surface area contributed by atoms with Crippen LogP contribution in [0.15, 0.2) is 11.4 Å². The standard InChI is InChI=1S/C8H12ClNS/c1-5(2)7(10)8-6(9)3-4-11-8/h3-5,7H,10H2,1-2H3. The molecule has 1 aromatic heterocycles. The lowest BCUT2D eigenvalue weighted by atomic mass is 10.0. The minimum absolute atomic E-state index is 0.0856. The normalized spacial score (nSPS) is 13.9. The first kappa shape index (κ1) is 9.04. The first-order chi connectivity index (χ1) is 5.13. The Hall–Kier alpha value is -0.0500. The van der Waals surface area contributed by atoms with E-state index in [1.165, 1.54) is 0 Å². The molecule has 0 aliphatic rings. The van der Waals surface area contributed by atoms with Gasteiger partial charge in [-0.25, -0.2) is 0 Å². The van der Waals surface area contributed by atoms with Crippen molar-refractivity contribution >= 4 is 22.9 Å².